The van der Waals surface area contributed by atoms with Crippen molar-refractivity contribution in [2.75, 3.05) is 12.4 Å². The minimum absolute atomic E-state index is 0.380. The van der Waals surface area contributed by atoms with Gasteiger partial charge in [0, 0.05) is 24.6 Å². The number of imidazole rings is 1. The van der Waals surface area contributed by atoms with Gasteiger partial charge >= 0.3 is 0 Å². The van der Waals surface area contributed by atoms with Gasteiger partial charge in [0.2, 0.25) is 0 Å². The van der Waals surface area contributed by atoms with Gasteiger partial charge in [-0.1, -0.05) is 24.3 Å². The summed E-state index contributed by atoms with van der Waals surface area (Å²) in [4.78, 5) is 8.46. The highest BCUT2D eigenvalue weighted by Gasteiger charge is 1.99. The number of methoxy groups -OCH3 is 1. The second kappa shape index (κ2) is 8.01. The van der Waals surface area contributed by atoms with Crippen LogP contribution in [0.25, 0.3) is 0 Å². The quantitative estimate of drug-likeness (QED) is 0.536. The first-order valence-electron chi connectivity index (χ1n) is 7.97. The molecule has 0 spiro atoms. The topological polar surface area (TPSA) is 77.5 Å². The molecule has 2 aromatic carbocycles. The maximum atomic E-state index is 5.97. The maximum absolute atomic E-state index is 5.97. The van der Waals surface area contributed by atoms with E-state index in [1.54, 1.807) is 13.3 Å². The molecule has 1 aromatic heterocycles. The fourth-order valence-corrected chi connectivity index (χ4v) is 2.46. The summed E-state index contributed by atoms with van der Waals surface area (Å²) in [5.41, 5.74) is 9.15. The first-order valence-corrected chi connectivity index (χ1v) is 7.97. The number of hydrogen-bond acceptors (Lipinski definition) is 3. The zero-order valence-electron chi connectivity index (χ0n) is 14.1. The average Bonchev–Trinajstić information content (AvgIpc) is 3.14. The highest BCUT2D eigenvalue weighted by molar-refractivity contribution is 5.92. The predicted molar refractivity (Wildman–Crippen MR) is 99.7 cm³/mol. The van der Waals surface area contributed by atoms with Crippen molar-refractivity contribution >= 4 is 11.6 Å². The minimum atomic E-state index is 0.380. The van der Waals surface area contributed by atoms with Crippen molar-refractivity contribution in [3.8, 4) is 5.75 Å². The van der Waals surface area contributed by atoms with Gasteiger partial charge in [-0.25, -0.2) is 9.98 Å². The summed E-state index contributed by atoms with van der Waals surface area (Å²) in [5.74, 6) is 1.18. The number of ether oxygens (including phenoxy) is 1. The Hall–Kier alpha value is -3.28. The van der Waals surface area contributed by atoms with E-state index >= 15 is 0 Å². The summed E-state index contributed by atoms with van der Waals surface area (Å²) in [6.07, 6.45) is 5.53. The van der Waals surface area contributed by atoms with E-state index in [1.165, 1.54) is 5.56 Å². The second-order valence-electron chi connectivity index (χ2n) is 5.61. The van der Waals surface area contributed by atoms with Crippen LogP contribution in [-0.4, -0.2) is 22.6 Å². The lowest BCUT2D eigenvalue weighted by molar-refractivity contribution is 0.415. The summed E-state index contributed by atoms with van der Waals surface area (Å²) < 4.78 is 7.16. The third-order valence-corrected chi connectivity index (χ3v) is 3.71. The van der Waals surface area contributed by atoms with Crippen LogP contribution in [0.4, 0.5) is 5.69 Å². The number of benzene rings is 2. The van der Waals surface area contributed by atoms with Crippen molar-refractivity contribution in [1.82, 2.24) is 9.55 Å². The molecule has 0 saturated heterocycles. The van der Waals surface area contributed by atoms with Gasteiger partial charge in [-0.3, -0.25) is 0 Å². The summed E-state index contributed by atoms with van der Waals surface area (Å²) in [7, 11) is 1.64. The summed E-state index contributed by atoms with van der Waals surface area (Å²) in [5, 5.41) is 3.07. The summed E-state index contributed by atoms with van der Waals surface area (Å²) in [6.45, 7) is 1.31. The molecular weight excluding hydrogens is 314 g/mol. The molecule has 0 bridgehead atoms. The van der Waals surface area contributed by atoms with E-state index in [4.69, 9.17) is 10.5 Å². The number of hydrogen-bond donors (Lipinski definition) is 2. The van der Waals surface area contributed by atoms with Crippen molar-refractivity contribution in [3.63, 3.8) is 0 Å². The fourth-order valence-electron chi connectivity index (χ4n) is 2.46. The molecule has 1 heterocycles. The number of nitrogens with one attached hydrogen (secondary N) is 1. The Morgan fingerprint density at radius 2 is 2.00 bits per heavy atom. The van der Waals surface area contributed by atoms with Crippen LogP contribution in [0, 0.1) is 0 Å². The molecule has 0 unspecified atom stereocenters. The van der Waals surface area contributed by atoms with Gasteiger partial charge in [0.15, 0.2) is 5.96 Å². The van der Waals surface area contributed by atoms with Crippen molar-refractivity contribution in [1.29, 1.82) is 0 Å². The van der Waals surface area contributed by atoms with Crippen LogP contribution in [0.1, 0.15) is 11.1 Å². The highest BCUT2D eigenvalue weighted by Crippen LogP contribution is 2.15. The van der Waals surface area contributed by atoms with Crippen LogP contribution in [-0.2, 0) is 13.1 Å². The summed E-state index contributed by atoms with van der Waals surface area (Å²) in [6, 6.07) is 15.8. The molecule has 3 rings (SSSR count). The van der Waals surface area contributed by atoms with Crippen molar-refractivity contribution < 1.29 is 4.74 Å². The second-order valence-corrected chi connectivity index (χ2v) is 5.61. The molecule has 128 valence electrons. The van der Waals surface area contributed by atoms with E-state index in [0.29, 0.717) is 12.5 Å². The van der Waals surface area contributed by atoms with Gasteiger partial charge in [0.05, 0.1) is 20.0 Å². The molecule has 0 aliphatic heterocycles. The summed E-state index contributed by atoms with van der Waals surface area (Å²) >= 11 is 0. The number of guanidine groups is 1. The molecule has 3 aromatic rings. The molecule has 0 saturated carbocycles. The lowest BCUT2D eigenvalue weighted by Crippen LogP contribution is -2.22. The van der Waals surface area contributed by atoms with Gasteiger partial charge in [0.25, 0.3) is 0 Å². The van der Waals surface area contributed by atoms with Gasteiger partial charge < -0.3 is 20.4 Å². The van der Waals surface area contributed by atoms with Crippen LogP contribution in [0.3, 0.4) is 0 Å². The Kier molecular flexibility index (Phi) is 5.31. The molecule has 6 heteroatoms. The number of nitrogens with zero attached hydrogens (tertiary/aromatic N) is 3. The first kappa shape index (κ1) is 16.6. The standard InChI is InChI=1S/C19H21N5O/c1-25-18-7-5-17(6-8-18)23-19(20)22-12-15-3-2-4-16(11-15)13-24-10-9-21-14-24/h2-11,14H,12-13H2,1H3,(H3,20,22,23). The number of aliphatic imine (C=N–C) groups is 1. The van der Waals surface area contributed by atoms with Crippen LogP contribution in [0.5, 0.6) is 5.75 Å². The Labute approximate surface area is 147 Å². The Balaban J connectivity index is 1.60. The lowest BCUT2D eigenvalue weighted by Gasteiger charge is -2.07. The molecule has 0 radical (unpaired) electrons. The molecule has 3 N–H and O–H groups in total. The first-order chi connectivity index (χ1) is 12.2. The van der Waals surface area contributed by atoms with Crippen LogP contribution >= 0.6 is 0 Å². The molecule has 0 aliphatic rings. The van der Waals surface area contributed by atoms with E-state index in [0.717, 1.165) is 23.5 Å². The minimum Gasteiger partial charge on any atom is -0.497 e. The highest BCUT2D eigenvalue weighted by atomic mass is 16.5. The number of rotatable bonds is 6. The zero-order chi connectivity index (χ0) is 17.5. The van der Waals surface area contributed by atoms with Crippen molar-refractivity contribution in [2.24, 2.45) is 10.7 Å². The zero-order valence-corrected chi connectivity index (χ0v) is 14.1. The van der Waals surface area contributed by atoms with Crippen LogP contribution in [0.15, 0.2) is 72.2 Å². The average molecular weight is 335 g/mol. The van der Waals surface area contributed by atoms with Crippen molar-refractivity contribution in [2.45, 2.75) is 13.1 Å². The molecule has 0 atom stereocenters. The fraction of sp³-hybridized carbons (Fsp3) is 0.158. The Bertz CT molecular complexity index is 825. The normalized spacial score (nSPS) is 11.3. The van der Waals surface area contributed by atoms with E-state index in [-0.39, 0.29) is 0 Å². The predicted octanol–water partition coefficient (Wildman–Crippen LogP) is 2.87. The molecule has 0 fully saturated rings. The SMILES string of the molecule is COc1ccc(NC(N)=NCc2cccc(Cn3ccnc3)c2)cc1. The van der Waals surface area contributed by atoms with E-state index in [9.17, 15) is 0 Å². The third-order valence-electron chi connectivity index (χ3n) is 3.71. The van der Waals surface area contributed by atoms with Gasteiger partial charge in [-0.15, -0.1) is 0 Å². The molecule has 0 aliphatic carbocycles. The molecular formula is C19H21N5O. The largest absolute Gasteiger partial charge is 0.497 e. The van der Waals surface area contributed by atoms with Gasteiger partial charge in [-0.2, -0.15) is 0 Å². The Morgan fingerprint density at radius 3 is 2.72 bits per heavy atom. The van der Waals surface area contributed by atoms with Gasteiger partial charge in [0.1, 0.15) is 5.75 Å². The maximum Gasteiger partial charge on any atom is 0.193 e. The Morgan fingerprint density at radius 1 is 1.20 bits per heavy atom. The molecule has 6 nitrogen and oxygen atoms in total. The lowest BCUT2D eigenvalue weighted by atomic mass is 10.1. The van der Waals surface area contributed by atoms with Crippen molar-refractivity contribution in [3.05, 3.63) is 78.4 Å². The molecule has 0 amide bonds. The van der Waals surface area contributed by atoms with Crippen LogP contribution < -0.4 is 15.8 Å². The van der Waals surface area contributed by atoms with Gasteiger partial charge in [-0.05, 0) is 35.4 Å². The van der Waals surface area contributed by atoms with E-state index < -0.39 is 0 Å². The molecule has 25 heavy (non-hydrogen) atoms. The smallest absolute Gasteiger partial charge is 0.193 e. The number of anilines is 1. The monoisotopic (exact) mass is 335 g/mol. The van der Waals surface area contributed by atoms with E-state index in [2.05, 4.69) is 27.4 Å². The number of nitrogens with two attached hydrogens (primary N) is 1. The van der Waals surface area contributed by atoms with Crippen LogP contribution in [0.2, 0.25) is 0 Å². The van der Waals surface area contributed by atoms with E-state index in [1.807, 2.05) is 53.5 Å². The number of aromatic nitrogens is 2. The third kappa shape index (κ3) is 4.84.